The molecule has 0 aromatic heterocycles. The van der Waals surface area contributed by atoms with Gasteiger partial charge in [0.2, 0.25) is 0 Å². The molecule has 3 rings (SSSR count). The zero-order chi connectivity index (χ0) is 17.8. The van der Waals surface area contributed by atoms with Crippen molar-refractivity contribution < 1.29 is 9.59 Å². The van der Waals surface area contributed by atoms with Gasteiger partial charge in [0.05, 0.1) is 13.1 Å². The highest BCUT2D eigenvalue weighted by atomic mass is 16.2. The van der Waals surface area contributed by atoms with E-state index in [1.807, 2.05) is 24.3 Å². The van der Waals surface area contributed by atoms with Crippen molar-refractivity contribution in [2.75, 3.05) is 13.1 Å². The lowest BCUT2D eigenvalue weighted by atomic mass is 9.96. The molecule has 0 aliphatic carbocycles. The molecule has 0 radical (unpaired) electrons. The number of hydrogen-bond donors (Lipinski definition) is 0. The zero-order valence-corrected chi connectivity index (χ0v) is 13.9. The summed E-state index contributed by atoms with van der Waals surface area (Å²) in [5, 5.41) is 0. The smallest absolute Gasteiger partial charge is 0.254 e. The first-order chi connectivity index (χ1) is 12.1. The molecule has 1 aliphatic heterocycles. The van der Waals surface area contributed by atoms with Crippen LogP contribution >= 0.6 is 0 Å². The van der Waals surface area contributed by atoms with Crippen molar-refractivity contribution in [1.29, 1.82) is 0 Å². The van der Waals surface area contributed by atoms with Crippen LogP contribution in [0.1, 0.15) is 34.0 Å². The Labute approximate surface area is 146 Å². The third-order valence-corrected chi connectivity index (χ3v) is 4.04. The highest BCUT2D eigenvalue weighted by molar-refractivity contribution is 5.98. The van der Waals surface area contributed by atoms with Crippen molar-refractivity contribution in [2.45, 2.75) is 13.3 Å². The van der Waals surface area contributed by atoms with Gasteiger partial charge in [-0.1, -0.05) is 36.1 Å². The van der Waals surface area contributed by atoms with E-state index in [0.29, 0.717) is 17.8 Å². The largest absolute Gasteiger partial charge is 0.331 e. The number of Topliss-reactive ketones (excluding diaryl/α,β-unsaturated/α-hetero) is 1. The molecule has 0 N–H and O–H groups in total. The molecular formula is C21H16N2O2. The van der Waals surface area contributed by atoms with E-state index in [2.05, 4.69) is 16.7 Å². The van der Waals surface area contributed by atoms with Crippen LogP contribution in [0.3, 0.4) is 0 Å². The molecule has 4 heteroatoms. The predicted octanol–water partition coefficient (Wildman–Crippen LogP) is 3.22. The lowest BCUT2D eigenvalue weighted by Gasteiger charge is -2.27. The summed E-state index contributed by atoms with van der Waals surface area (Å²) in [7, 11) is 0. The molecule has 0 atom stereocenters. The Morgan fingerprint density at radius 3 is 2.52 bits per heavy atom. The quantitative estimate of drug-likeness (QED) is 0.627. The summed E-state index contributed by atoms with van der Waals surface area (Å²) < 4.78 is 0. The minimum atomic E-state index is -0.0920. The second-order valence-corrected chi connectivity index (χ2v) is 5.96. The Morgan fingerprint density at radius 1 is 1.16 bits per heavy atom. The summed E-state index contributed by atoms with van der Waals surface area (Å²) in [6, 6.07) is 12.7. The molecule has 25 heavy (non-hydrogen) atoms. The average Bonchev–Trinajstić information content (AvgIpc) is 2.62. The maximum absolute atomic E-state index is 12.4. The molecule has 0 spiro atoms. The lowest BCUT2D eigenvalue weighted by Crippen LogP contribution is -2.40. The number of amides is 1. The molecule has 2 aromatic rings. The fourth-order valence-corrected chi connectivity index (χ4v) is 2.80. The molecule has 0 unspecified atom stereocenters. The van der Waals surface area contributed by atoms with Crippen LogP contribution in [-0.4, -0.2) is 29.7 Å². The lowest BCUT2D eigenvalue weighted by molar-refractivity contribution is -0.117. The van der Waals surface area contributed by atoms with Crippen molar-refractivity contribution in [3.8, 4) is 11.8 Å². The highest BCUT2D eigenvalue weighted by Gasteiger charge is 2.24. The first-order valence-corrected chi connectivity index (χ1v) is 7.98. The predicted molar refractivity (Wildman–Crippen MR) is 95.4 cm³/mol. The topological polar surface area (TPSA) is 41.7 Å². The number of fused-ring (bicyclic) bond motifs is 1. The third-order valence-electron chi connectivity index (χ3n) is 4.04. The van der Waals surface area contributed by atoms with Gasteiger partial charge < -0.3 is 4.90 Å². The fraction of sp³-hybridized carbons (Fsp3) is 0.190. The SMILES string of the molecule is [C-]#[N+]c1ccc(C#Cc2ccc3c(c2)CCN(CC(C)=O)C3=O)cc1. The molecule has 4 nitrogen and oxygen atoms in total. The molecule has 1 amide bonds. The zero-order valence-electron chi connectivity index (χ0n) is 13.9. The first-order valence-electron chi connectivity index (χ1n) is 7.98. The highest BCUT2D eigenvalue weighted by Crippen LogP contribution is 2.20. The van der Waals surface area contributed by atoms with Crippen LogP contribution in [0, 0.1) is 18.4 Å². The van der Waals surface area contributed by atoms with Crippen molar-refractivity contribution >= 4 is 17.4 Å². The maximum Gasteiger partial charge on any atom is 0.254 e. The van der Waals surface area contributed by atoms with Crippen LogP contribution in [0.15, 0.2) is 42.5 Å². The van der Waals surface area contributed by atoms with Crippen molar-refractivity contribution in [3.05, 3.63) is 76.1 Å². The molecule has 2 aromatic carbocycles. The standard InChI is InChI=1S/C21H16N2O2/c1-15(24)14-23-12-11-18-13-17(7-10-20(18)21(23)25)4-3-16-5-8-19(22-2)9-6-16/h5-10,13H,11-12,14H2,1H3. The third kappa shape index (κ3) is 3.76. The van der Waals surface area contributed by atoms with Gasteiger partial charge in [-0.2, -0.15) is 0 Å². The number of rotatable bonds is 2. The summed E-state index contributed by atoms with van der Waals surface area (Å²) in [4.78, 5) is 28.6. The summed E-state index contributed by atoms with van der Waals surface area (Å²) >= 11 is 0. The normalized spacial score (nSPS) is 12.6. The van der Waals surface area contributed by atoms with E-state index < -0.39 is 0 Å². The first kappa shape index (κ1) is 16.5. The van der Waals surface area contributed by atoms with E-state index in [9.17, 15) is 9.59 Å². The van der Waals surface area contributed by atoms with E-state index in [4.69, 9.17) is 6.57 Å². The average molecular weight is 328 g/mol. The summed E-state index contributed by atoms with van der Waals surface area (Å²) in [5.41, 5.74) is 3.90. The van der Waals surface area contributed by atoms with Gasteiger partial charge in [0.25, 0.3) is 5.91 Å². The Bertz CT molecular complexity index is 941. The molecule has 0 saturated carbocycles. The van der Waals surface area contributed by atoms with Gasteiger partial charge in [0, 0.05) is 23.2 Å². The van der Waals surface area contributed by atoms with E-state index in [0.717, 1.165) is 23.1 Å². The second-order valence-electron chi connectivity index (χ2n) is 5.96. The van der Waals surface area contributed by atoms with Crippen LogP contribution in [0.25, 0.3) is 4.85 Å². The number of hydrogen-bond acceptors (Lipinski definition) is 2. The molecule has 122 valence electrons. The summed E-state index contributed by atoms with van der Waals surface area (Å²) in [5.74, 6) is 6.07. The van der Waals surface area contributed by atoms with Crippen LogP contribution in [0.2, 0.25) is 0 Å². The van der Waals surface area contributed by atoms with Crippen molar-refractivity contribution in [1.82, 2.24) is 4.90 Å². The van der Waals surface area contributed by atoms with Crippen LogP contribution in [-0.2, 0) is 11.2 Å². The number of carbonyl (C=O) groups excluding carboxylic acids is 2. The minimum absolute atomic E-state index is 0.0106. The van der Waals surface area contributed by atoms with Gasteiger partial charge in [-0.05, 0) is 37.1 Å². The van der Waals surface area contributed by atoms with Gasteiger partial charge in [-0.25, -0.2) is 4.85 Å². The monoisotopic (exact) mass is 328 g/mol. The molecule has 1 aliphatic rings. The Hall–Kier alpha value is -3.37. The van der Waals surface area contributed by atoms with Crippen LogP contribution < -0.4 is 0 Å². The van der Waals surface area contributed by atoms with Gasteiger partial charge in [-0.15, -0.1) is 0 Å². The van der Waals surface area contributed by atoms with E-state index in [-0.39, 0.29) is 18.2 Å². The van der Waals surface area contributed by atoms with Gasteiger partial charge >= 0.3 is 0 Å². The number of ketones is 1. The van der Waals surface area contributed by atoms with Crippen LogP contribution in [0.4, 0.5) is 5.69 Å². The van der Waals surface area contributed by atoms with Gasteiger partial charge in [-0.3, -0.25) is 9.59 Å². The van der Waals surface area contributed by atoms with E-state index in [1.54, 1.807) is 23.1 Å². The fourth-order valence-electron chi connectivity index (χ4n) is 2.80. The summed E-state index contributed by atoms with van der Waals surface area (Å²) in [6.45, 7) is 9.16. The Kier molecular flexibility index (Phi) is 4.64. The molecule has 0 bridgehead atoms. The molecule has 0 saturated heterocycles. The number of carbonyl (C=O) groups is 2. The maximum atomic E-state index is 12.4. The summed E-state index contributed by atoms with van der Waals surface area (Å²) in [6.07, 6.45) is 0.726. The van der Waals surface area contributed by atoms with E-state index >= 15 is 0 Å². The Morgan fingerprint density at radius 2 is 1.84 bits per heavy atom. The molecule has 0 fully saturated rings. The van der Waals surface area contributed by atoms with Gasteiger partial charge in [0.15, 0.2) is 5.69 Å². The van der Waals surface area contributed by atoms with Crippen molar-refractivity contribution in [3.63, 3.8) is 0 Å². The Balaban J connectivity index is 1.81. The van der Waals surface area contributed by atoms with Crippen LogP contribution in [0.5, 0.6) is 0 Å². The van der Waals surface area contributed by atoms with Crippen molar-refractivity contribution in [2.24, 2.45) is 0 Å². The second kappa shape index (κ2) is 7.03. The van der Waals surface area contributed by atoms with E-state index in [1.165, 1.54) is 6.92 Å². The van der Waals surface area contributed by atoms with Gasteiger partial charge in [0.1, 0.15) is 5.78 Å². The minimum Gasteiger partial charge on any atom is -0.331 e. The number of benzene rings is 2. The molecular weight excluding hydrogens is 312 g/mol. The molecule has 1 heterocycles. The number of nitrogens with zero attached hydrogens (tertiary/aromatic N) is 2.